The van der Waals surface area contributed by atoms with Crippen LogP contribution in [0.15, 0.2) is 24.3 Å². The molecule has 3 rings (SSSR count). The van der Waals surface area contributed by atoms with Gasteiger partial charge in [0.1, 0.15) is 6.61 Å². The van der Waals surface area contributed by atoms with Crippen LogP contribution in [-0.4, -0.2) is 37.7 Å². The number of piperidine rings is 1. The first kappa shape index (κ1) is 13.6. The zero-order valence-electron chi connectivity index (χ0n) is 12.0. The van der Waals surface area contributed by atoms with Crippen molar-refractivity contribution < 1.29 is 9.53 Å². The van der Waals surface area contributed by atoms with Crippen molar-refractivity contribution in [2.45, 2.75) is 38.3 Å². The Labute approximate surface area is 120 Å². The van der Waals surface area contributed by atoms with E-state index in [1.165, 1.54) is 5.56 Å². The molecule has 2 aliphatic heterocycles. The van der Waals surface area contributed by atoms with Crippen molar-refractivity contribution in [3.05, 3.63) is 29.8 Å². The molecule has 1 aromatic carbocycles. The number of nitrogens with one attached hydrogen (secondary N) is 1. The average Bonchev–Trinajstić information content (AvgIpc) is 2.82. The Morgan fingerprint density at radius 3 is 2.90 bits per heavy atom. The number of ether oxygens (including phenoxy) is 1. The predicted molar refractivity (Wildman–Crippen MR) is 78.9 cm³/mol. The number of carbonyl (C=O) groups is 1. The minimum absolute atomic E-state index is 0.0842. The maximum Gasteiger partial charge on any atom is 0.253 e. The number of hydrogen-bond acceptors (Lipinski definition) is 3. The first-order valence-electron chi connectivity index (χ1n) is 7.48. The van der Waals surface area contributed by atoms with Gasteiger partial charge in [-0.05, 0) is 50.9 Å². The Morgan fingerprint density at radius 2 is 2.10 bits per heavy atom. The third-order valence-electron chi connectivity index (χ3n) is 4.20. The molecule has 0 bridgehead atoms. The molecule has 108 valence electrons. The van der Waals surface area contributed by atoms with Gasteiger partial charge in [0.05, 0.1) is 6.10 Å². The van der Waals surface area contributed by atoms with Crippen LogP contribution in [0.3, 0.4) is 0 Å². The van der Waals surface area contributed by atoms with Crippen LogP contribution in [0, 0.1) is 0 Å². The predicted octanol–water partition coefficient (Wildman–Crippen LogP) is 1.73. The van der Waals surface area contributed by atoms with Gasteiger partial charge in [-0.15, -0.1) is 0 Å². The SMILES string of the molecule is CC1Cc2ccccc2N1C(=O)COC1CCNCC1. The van der Waals surface area contributed by atoms with Crippen molar-refractivity contribution in [2.24, 2.45) is 0 Å². The van der Waals surface area contributed by atoms with Gasteiger partial charge in [0, 0.05) is 11.7 Å². The number of anilines is 1. The lowest BCUT2D eigenvalue weighted by molar-refractivity contribution is -0.125. The quantitative estimate of drug-likeness (QED) is 0.912. The summed E-state index contributed by atoms with van der Waals surface area (Å²) in [5.41, 5.74) is 2.31. The third-order valence-corrected chi connectivity index (χ3v) is 4.20. The fraction of sp³-hybridized carbons (Fsp3) is 0.562. The van der Waals surface area contributed by atoms with Gasteiger partial charge in [0.25, 0.3) is 5.91 Å². The molecule has 0 saturated carbocycles. The standard InChI is InChI=1S/C16H22N2O2/c1-12-10-13-4-2-3-5-15(13)18(12)16(19)11-20-14-6-8-17-9-7-14/h2-5,12,14,17H,6-11H2,1H3. The molecule has 1 aromatic rings. The van der Waals surface area contributed by atoms with Gasteiger partial charge < -0.3 is 15.0 Å². The zero-order chi connectivity index (χ0) is 13.9. The van der Waals surface area contributed by atoms with E-state index in [9.17, 15) is 4.79 Å². The second kappa shape index (κ2) is 5.94. The molecule has 1 amide bonds. The number of nitrogens with zero attached hydrogens (tertiary/aromatic N) is 1. The number of hydrogen-bond donors (Lipinski definition) is 1. The highest BCUT2D eigenvalue weighted by molar-refractivity contribution is 5.97. The van der Waals surface area contributed by atoms with Crippen LogP contribution in [0.2, 0.25) is 0 Å². The molecule has 1 atom stereocenters. The summed E-state index contributed by atoms with van der Waals surface area (Å²) >= 11 is 0. The van der Waals surface area contributed by atoms with E-state index in [1.807, 2.05) is 23.1 Å². The molecule has 0 spiro atoms. The van der Waals surface area contributed by atoms with Gasteiger partial charge in [0.15, 0.2) is 0 Å². The van der Waals surface area contributed by atoms with Crippen molar-refractivity contribution in [3.63, 3.8) is 0 Å². The monoisotopic (exact) mass is 274 g/mol. The highest BCUT2D eigenvalue weighted by Crippen LogP contribution is 2.31. The van der Waals surface area contributed by atoms with Crippen LogP contribution in [0.5, 0.6) is 0 Å². The number of fused-ring (bicyclic) bond motifs is 1. The second-order valence-electron chi connectivity index (χ2n) is 5.71. The molecule has 20 heavy (non-hydrogen) atoms. The van der Waals surface area contributed by atoms with E-state index in [4.69, 9.17) is 4.74 Å². The minimum Gasteiger partial charge on any atom is -0.368 e. The molecule has 0 aromatic heterocycles. The Kier molecular flexibility index (Phi) is 4.03. The number of rotatable bonds is 3. The summed E-state index contributed by atoms with van der Waals surface area (Å²) in [4.78, 5) is 14.3. The molecule has 1 saturated heterocycles. The lowest BCUT2D eigenvalue weighted by Gasteiger charge is -2.26. The molecule has 0 radical (unpaired) electrons. The molecule has 0 aliphatic carbocycles. The number of para-hydroxylation sites is 1. The largest absolute Gasteiger partial charge is 0.368 e. The topological polar surface area (TPSA) is 41.6 Å². The van der Waals surface area contributed by atoms with Gasteiger partial charge in [-0.3, -0.25) is 4.79 Å². The maximum atomic E-state index is 12.4. The van der Waals surface area contributed by atoms with Crippen LogP contribution in [-0.2, 0) is 16.0 Å². The molecule has 2 aliphatic rings. The summed E-state index contributed by atoms with van der Waals surface area (Å²) in [7, 11) is 0. The average molecular weight is 274 g/mol. The molecule has 2 heterocycles. The van der Waals surface area contributed by atoms with Gasteiger partial charge in [-0.2, -0.15) is 0 Å². The highest BCUT2D eigenvalue weighted by atomic mass is 16.5. The van der Waals surface area contributed by atoms with Crippen molar-refractivity contribution >= 4 is 11.6 Å². The van der Waals surface area contributed by atoms with E-state index < -0.39 is 0 Å². The summed E-state index contributed by atoms with van der Waals surface area (Å²) in [5.74, 6) is 0.0842. The number of carbonyl (C=O) groups excluding carboxylic acids is 1. The molecular formula is C16H22N2O2. The first-order valence-corrected chi connectivity index (χ1v) is 7.48. The first-order chi connectivity index (χ1) is 9.75. The second-order valence-corrected chi connectivity index (χ2v) is 5.71. The summed E-state index contributed by atoms with van der Waals surface area (Å²) in [6.45, 7) is 4.27. The number of amides is 1. The highest BCUT2D eigenvalue weighted by Gasteiger charge is 2.30. The van der Waals surface area contributed by atoms with Crippen LogP contribution >= 0.6 is 0 Å². The van der Waals surface area contributed by atoms with Crippen molar-refractivity contribution in [1.29, 1.82) is 0 Å². The smallest absolute Gasteiger partial charge is 0.253 e. The van der Waals surface area contributed by atoms with E-state index in [0.717, 1.165) is 38.0 Å². The van der Waals surface area contributed by atoms with Crippen LogP contribution in [0.4, 0.5) is 5.69 Å². The van der Waals surface area contributed by atoms with Gasteiger partial charge in [-0.1, -0.05) is 18.2 Å². The molecule has 1 fully saturated rings. The number of benzene rings is 1. The maximum absolute atomic E-state index is 12.4. The van der Waals surface area contributed by atoms with Crippen LogP contribution in [0.25, 0.3) is 0 Å². The van der Waals surface area contributed by atoms with Crippen LogP contribution in [0.1, 0.15) is 25.3 Å². The molecule has 4 heteroatoms. The summed E-state index contributed by atoms with van der Waals surface area (Å²) in [6.07, 6.45) is 3.17. The fourth-order valence-electron chi connectivity index (χ4n) is 3.17. The van der Waals surface area contributed by atoms with Crippen molar-refractivity contribution in [3.8, 4) is 0 Å². The Morgan fingerprint density at radius 1 is 1.35 bits per heavy atom. The Bertz CT molecular complexity index is 483. The summed E-state index contributed by atoms with van der Waals surface area (Å²) in [5, 5.41) is 3.30. The van der Waals surface area contributed by atoms with E-state index in [2.05, 4.69) is 18.3 Å². The Balaban J connectivity index is 1.62. The normalized spacial score (nSPS) is 22.9. The molecular weight excluding hydrogens is 252 g/mol. The Hall–Kier alpha value is -1.39. The minimum atomic E-state index is 0.0842. The summed E-state index contributed by atoms with van der Waals surface area (Å²) < 4.78 is 5.79. The van der Waals surface area contributed by atoms with E-state index in [1.54, 1.807) is 0 Å². The van der Waals surface area contributed by atoms with Gasteiger partial charge in [0.2, 0.25) is 0 Å². The fourth-order valence-corrected chi connectivity index (χ4v) is 3.17. The van der Waals surface area contributed by atoms with Crippen molar-refractivity contribution in [2.75, 3.05) is 24.6 Å². The molecule has 4 nitrogen and oxygen atoms in total. The van der Waals surface area contributed by atoms with E-state index in [-0.39, 0.29) is 24.7 Å². The van der Waals surface area contributed by atoms with Gasteiger partial charge >= 0.3 is 0 Å². The van der Waals surface area contributed by atoms with Crippen molar-refractivity contribution in [1.82, 2.24) is 5.32 Å². The third kappa shape index (κ3) is 2.72. The van der Waals surface area contributed by atoms with E-state index >= 15 is 0 Å². The molecule has 1 N–H and O–H groups in total. The summed E-state index contributed by atoms with van der Waals surface area (Å²) in [6, 6.07) is 8.39. The van der Waals surface area contributed by atoms with E-state index in [0.29, 0.717) is 0 Å². The van der Waals surface area contributed by atoms with Gasteiger partial charge in [-0.25, -0.2) is 0 Å². The lowest BCUT2D eigenvalue weighted by Crippen LogP contribution is -2.40. The molecule has 1 unspecified atom stereocenters. The van der Waals surface area contributed by atoms with Crippen LogP contribution < -0.4 is 10.2 Å². The lowest BCUT2D eigenvalue weighted by atomic mass is 10.1. The zero-order valence-corrected chi connectivity index (χ0v) is 12.0.